The Morgan fingerprint density at radius 2 is 1.91 bits per heavy atom. The topological polar surface area (TPSA) is 90.5 Å². The molecule has 1 aromatic carbocycles. The van der Waals surface area contributed by atoms with Gasteiger partial charge in [-0.1, -0.05) is 18.5 Å². The highest BCUT2D eigenvalue weighted by molar-refractivity contribution is 6.30. The van der Waals surface area contributed by atoms with Crippen LogP contribution in [0.1, 0.15) is 20.3 Å². The Bertz CT molecular complexity index is 550. The van der Waals surface area contributed by atoms with Crippen LogP contribution in [0.2, 0.25) is 5.02 Å². The summed E-state index contributed by atoms with van der Waals surface area (Å²) in [5.41, 5.74) is 2.54. The van der Waals surface area contributed by atoms with E-state index in [1.54, 1.807) is 38.2 Å². The number of nitrogens with zero attached hydrogens (tertiary/aromatic N) is 1. The summed E-state index contributed by atoms with van der Waals surface area (Å²) in [6, 6.07) is 6.51. The van der Waals surface area contributed by atoms with Crippen LogP contribution < -0.4 is 16.1 Å². The Morgan fingerprint density at radius 1 is 1.32 bits per heavy atom. The Balaban J connectivity index is 0.000000224. The first-order valence-corrected chi connectivity index (χ1v) is 7.05. The zero-order valence-electron chi connectivity index (χ0n) is 12.6. The maximum absolute atomic E-state index is 11.5. The number of nitrogens with one attached hydrogen (secondary N) is 3. The number of rotatable bonds is 4. The van der Waals surface area contributed by atoms with Gasteiger partial charge in [-0.3, -0.25) is 9.59 Å². The van der Waals surface area contributed by atoms with Crippen LogP contribution in [0.15, 0.2) is 24.3 Å². The van der Waals surface area contributed by atoms with Gasteiger partial charge in [0.2, 0.25) is 6.41 Å². The van der Waals surface area contributed by atoms with Crippen LogP contribution in [0.25, 0.3) is 0 Å². The van der Waals surface area contributed by atoms with E-state index in [1.165, 1.54) is 0 Å². The molecule has 8 heteroatoms. The molecule has 0 bridgehead atoms. The number of hydrogen-bond donors (Lipinski definition) is 3. The number of hydrazine groups is 1. The predicted molar refractivity (Wildman–Crippen MR) is 84.3 cm³/mol. The van der Waals surface area contributed by atoms with E-state index in [2.05, 4.69) is 16.1 Å². The smallest absolute Gasteiger partial charge is 0.329 e. The van der Waals surface area contributed by atoms with Crippen molar-refractivity contribution in [1.82, 2.24) is 15.8 Å². The minimum absolute atomic E-state index is 0.225. The number of hydrogen-bond acceptors (Lipinski definition) is 4. The highest BCUT2D eigenvalue weighted by atomic mass is 35.5. The van der Waals surface area contributed by atoms with Gasteiger partial charge in [0.1, 0.15) is 5.54 Å². The number of halogens is 1. The summed E-state index contributed by atoms with van der Waals surface area (Å²) in [5.74, 6) is -0.225. The van der Waals surface area contributed by atoms with Gasteiger partial charge < -0.3 is 10.6 Å². The molecule has 3 N–H and O–H groups in total. The van der Waals surface area contributed by atoms with E-state index < -0.39 is 5.54 Å². The number of imide groups is 1. The minimum Gasteiger partial charge on any atom is -0.329 e. The van der Waals surface area contributed by atoms with E-state index in [4.69, 9.17) is 11.6 Å². The van der Waals surface area contributed by atoms with Crippen LogP contribution in [0.5, 0.6) is 0 Å². The molecule has 1 unspecified atom stereocenters. The van der Waals surface area contributed by atoms with E-state index in [-0.39, 0.29) is 11.9 Å². The fraction of sp³-hybridized carbons (Fsp3) is 0.357. The van der Waals surface area contributed by atoms with Gasteiger partial charge in [-0.15, -0.1) is 0 Å². The lowest BCUT2D eigenvalue weighted by Crippen LogP contribution is -2.45. The maximum Gasteiger partial charge on any atom is 0.339 e. The molecule has 7 nitrogen and oxygen atoms in total. The largest absolute Gasteiger partial charge is 0.339 e. The molecule has 4 amide bonds. The van der Waals surface area contributed by atoms with E-state index in [0.29, 0.717) is 17.9 Å². The summed E-state index contributed by atoms with van der Waals surface area (Å²) in [6.07, 6.45) is 1.22. The number of benzene rings is 1. The monoisotopic (exact) mass is 326 g/mol. The molecule has 1 saturated heterocycles. The fourth-order valence-corrected chi connectivity index (χ4v) is 1.87. The lowest BCUT2D eigenvalue weighted by molar-refractivity contribution is -0.132. The molecule has 1 fully saturated rings. The Morgan fingerprint density at radius 3 is 2.27 bits per heavy atom. The number of urea groups is 1. The van der Waals surface area contributed by atoms with Gasteiger partial charge in [0.15, 0.2) is 0 Å². The summed E-state index contributed by atoms with van der Waals surface area (Å²) < 4.78 is 0. The van der Waals surface area contributed by atoms with Gasteiger partial charge in [0, 0.05) is 17.8 Å². The summed E-state index contributed by atoms with van der Waals surface area (Å²) >= 11 is 5.60. The third kappa shape index (κ3) is 4.19. The van der Waals surface area contributed by atoms with Gasteiger partial charge in [-0.25, -0.2) is 10.2 Å². The Hall–Kier alpha value is -2.12. The summed E-state index contributed by atoms with van der Waals surface area (Å²) in [5, 5.41) is 6.75. The molecule has 1 aliphatic rings. The summed E-state index contributed by atoms with van der Waals surface area (Å²) in [4.78, 5) is 32.5. The van der Waals surface area contributed by atoms with Crippen LogP contribution in [-0.4, -0.2) is 35.9 Å². The van der Waals surface area contributed by atoms with Crippen molar-refractivity contribution in [3.05, 3.63) is 29.3 Å². The third-order valence-corrected chi connectivity index (χ3v) is 3.51. The second kappa shape index (κ2) is 7.77. The molecule has 22 heavy (non-hydrogen) atoms. The fourth-order valence-electron chi connectivity index (χ4n) is 1.74. The molecule has 0 aromatic heterocycles. The molecule has 1 atom stereocenters. The van der Waals surface area contributed by atoms with Crippen LogP contribution in [0.3, 0.4) is 0 Å². The average Bonchev–Trinajstić information content (AvgIpc) is 2.72. The van der Waals surface area contributed by atoms with Gasteiger partial charge in [0.25, 0.3) is 5.91 Å². The van der Waals surface area contributed by atoms with Crippen LogP contribution in [0, 0.1) is 0 Å². The van der Waals surface area contributed by atoms with Gasteiger partial charge in [-0.05, 0) is 37.6 Å². The Labute approximate surface area is 134 Å². The number of anilines is 1. The van der Waals surface area contributed by atoms with E-state index in [9.17, 15) is 14.4 Å². The van der Waals surface area contributed by atoms with Gasteiger partial charge in [0.05, 0.1) is 0 Å². The van der Waals surface area contributed by atoms with Crippen molar-refractivity contribution >= 4 is 35.6 Å². The van der Waals surface area contributed by atoms with Gasteiger partial charge in [-0.2, -0.15) is 5.01 Å². The molecule has 0 radical (unpaired) electrons. The van der Waals surface area contributed by atoms with E-state index in [1.807, 2.05) is 6.92 Å². The van der Waals surface area contributed by atoms with E-state index in [0.717, 1.165) is 10.7 Å². The molecular formula is C14H19ClN4O3. The summed E-state index contributed by atoms with van der Waals surface area (Å²) in [6.45, 7) is 3.57. The van der Waals surface area contributed by atoms with Crippen molar-refractivity contribution in [2.24, 2.45) is 0 Å². The maximum atomic E-state index is 11.5. The zero-order chi connectivity index (χ0) is 16.8. The van der Waals surface area contributed by atoms with Crippen molar-refractivity contribution in [3.8, 4) is 0 Å². The lowest BCUT2D eigenvalue weighted by Gasteiger charge is -2.18. The highest BCUT2D eigenvalue weighted by Gasteiger charge is 2.46. The zero-order valence-corrected chi connectivity index (χ0v) is 13.4. The van der Waals surface area contributed by atoms with E-state index >= 15 is 0 Å². The molecule has 1 aromatic rings. The normalized spacial score (nSPS) is 20.1. The SMILES string of the molecule is CCC1(C)NC(=O)N(NC)C1=O.O=CNc1ccc(Cl)cc1. The average molecular weight is 327 g/mol. The van der Waals surface area contributed by atoms with Crippen molar-refractivity contribution in [2.45, 2.75) is 25.8 Å². The number of amides is 4. The van der Waals surface area contributed by atoms with Gasteiger partial charge >= 0.3 is 6.03 Å². The first kappa shape index (κ1) is 17.9. The molecule has 120 valence electrons. The van der Waals surface area contributed by atoms with Crippen molar-refractivity contribution in [1.29, 1.82) is 0 Å². The van der Waals surface area contributed by atoms with Crippen LogP contribution in [-0.2, 0) is 9.59 Å². The second-order valence-corrected chi connectivity index (χ2v) is 5.19. The third-order valence-electron chi connectivity index (χ3n) is 3.26. The molecule has 1 aliphatic heterocycles. The van der Waals surface area contributed by atoms with Crippen molar-refractivity contribution in [3.63, 3.8) is 0 Å². The lowest BCUT2D eigenvalue weighted by atomic mass is 10.00. The molecule has 0 saturated carbocycles. The molecular weight excluding hydrogens is 308 g/mol. The second-order valence-electron chi connectivity index (χ2n) is 4.75. The summed E-state index contributed by atoms with van der Waals surface area (Å²) in [7, 11) is 1.54. The number of carbonyl (C=O) groups is 3. The predicted octanol–water partition coefficient (Wildman–Crippen LogP) is 1.75. The Kier molecular flexibility index (Phi) is 6.33. The highest BCUT2D eigenvalue weighted by Crippen LogP contribution is 2.18. The van der Waals surface area contributed by atoms with Crippen molar-refractivity contribution < 1.29 is 14.4 Å². The van der Waals surface area contributed by atoms with Crippen LogP contribution in [0.4, 0.5) is 10.5 Å². The first-order valence-electron chi connectivity index (χ1n) is 6.67. The molecule has 2 rings (SSSR count). The van der Waals surface area contributed by atoms with Crippen LogP contribution >= 0.6 is 11.6 Å². The number of carbonyl (C=O) groups excluding carboxylic acids is 3. The molecule has 0 aliphatic carbocycles. The minimum atomic E-state index is -0.736. The standard InChI is InChI=1S/C7H6ClNO.C7H13N3O2/c8-6-1-3-7(4-2-6)9-5-10;1-4-7(2)5(11)10(8-3)6(12)9-7/h1-5H,(H,9,10);8H,4H2,1-3H3,(H,9,12). The quantitative estimate of drug-likeness (QED) is 0.581. The molecule has 0 spiro atoms. The molecule has 1 heterocycles. The first-order chi connectivity index (χ1) is 10.4. The van der Waals surface area contributed by atoms with Crippen molar-refractivity contribution in [2.75, 3.05) is 12.4 Å².